The number of hydrazone groups is 1. The first kappa shape index (κ1) is 19.0. The molecule has 0 radical (unpaired) electrons. The molecule has 1 fully saturated rings. The molecule has 8 heteroatoms. The fraction of sp³-hybridized carbons (Fsp3) is 0.263. The van der Waals surface area contributed by atoms with Crippen molar-refractivity contribution in [3.63, 3.8) is 0 Å². The molecule has 0 spiro atoms. The fourth-order valence-corrected chi connectivity index (χ4v) is 3.25. The third-order valence-electron chi connectivity index (χ3n) is 4.45. The monoisotopic (exact) mass is 389 g/mol. The summed E-state index contributed by atoms with van der Waals surface area (Å²) < 4.78 is 29.0. The van der Waals surface area contributed by atoms with Crippen LogP contribution in [0.3, 0.4) is 0 Å². The van der Waals surface area contributed by atoms with Gasteiger partial charge in [0, 0.05) is 36.4 Å². The Morgan fingerprint density at radius 1 is 1.26 bits per heavy atom. The van der Waals surface area contributed by atoms with Gasteiger partial charge in [-0.05, 0) is 43.3 Å². The fourth-order valence-electron chi connectivity index (χ4n) is 3.19. The lowest BCUT2D eigenvalue weighted by Gasteiger charge is -2.28. The Kier molecular flexibility index (Phi) is 6.18. The van der Waals surface area contributed by atoms with Crippen molar-refractivity contribution >= 4 is 34.9 Å². The molecule has 1 heterocycles. The van der Waals surface area contributed by atoms with Crippen molar-refractivity contribution < 1.29 is 8.78 Å². The number of halogens is 2. The predicted molar refractivity (Wildman–Crippen MR) is 109 cm³/mol. The van der Waals surface area contributed by atoms with Crippen LogP contribution in [0.4, 0.5) is 20.2 Å². The smallest absolute Gasteiger partial charge is 0.184 e. The lowest BCUT2D eigenvalue weighted by Crippen LogP contribution is -2.35. The Morgan fingerprint density at radius 3 is 2.78 bits per heavy atom. The van der Waals surface area contributed by atoms with Gasteiger partial charge in [0.1, 0.15) is 11.6 Å². The summed E-state index contributed by atoms with van der Waals surface area (Å²) >= 11 is 4.61. The molecule has 0 amide bonds. The van der Waals surface area contributed by atoms with E-state index in [9.17, 15) is 8.78 Å². The van der Waals surface area contributed by atoms with Crippen LogP contribution in [0.5, 0.6) is 0 Å². The van der Waals surface area contributed by atoms with Crippen LogP contribution >= 0.6 is 12.2 Å². The van der Waals surface area contributed by atoms with Crippen LogP contribution in [0.1, 0.15) is 18.4 Å². The van der Waals surface area contributed by atoms with Crippen LogP contribution in [0, 0.1) is 11.6 Å². The van der Waals surface area contributed by atoms with Crippen molar-refractivity contribution in [3.8, 4) is 0 Å². The second-order valence-electron chi connectivity index (χ2n) is 6.30. The molecule has 2 aromatic carbocycles. The van der Waals surface area contributed by atoms with Crippen molar-refractivity contribution in [2.24, 2.45) is 10.8 Å². The summed E-state index contributed by atoms with van der Waals surface area (Å²) in [6.45, 7) is 1.35. The van der Waals surface area contributed by atoms with Crippen LogP contribution in [0.2, 0.25) is 0 Å². The predicted octanol–water partition coefficient (Wildman–Crippen LogP) is 3.21. The number of hydrogen-bond acceptors (Lipinski definition) is 4. The van der Waals surface area contributed by atoms with E-state index in [4.69, 9.17) is 5.73 Å². The summed E-state index contributed by atoms with van der Waals surface area (Å²) in [4.78, 5) is 1.92. The van der Waals surface area contributed by atoms with E-state index in [0.717, 1.165) is 30.8 Å². The molecular weight excluding hydrogens is 368 g/mol. The first-order valence-electron chi connectivity index (χ1n) is 8.67. The average Bonchev–Trinajstić information content (AvgIpc) is 3.11. The van der Waals surface area contributed by atoms with Gasteiger partial charge < -0.3 is 16.0 Å². The first-order valence-corrected chi connectivity index (χ1v) is 9.08. The second kappa shape index (κ2) is 8.77. The van der Waals surface area contributed by atoms with E-state index < -0.39 is 11.6 Å². The van der Waals surface area contributed by atoms with Gasteiger partial charge in [-0.15, -0.1) is 0 Å². The standard InChI is InChI=1S/C19H21F2N5S/c20-16-10-18(17(21)9-13(16)11-24-25-19(22)27)26-8-4-7-15(26)12-23-14-5-2-1-3-6-14/h1-3,5-6,9-11,15,23H,4,7-8,12H2,(H3,22,25,27)/b24-11+. The summed E-state index contributed by atoms with van der Waals surface area (Å²) in [7, 11) is 0. The molecule has 2 aromatic rings. The van der Waals surface area contributed by atoms with Gasteiger partial charge in [-0.1, -0.05) is 18.2 Å². The topological polar surface area (TPSA) is 65.7 Å². The molecule has 1 unspecified atom stereocenters. The van der Waals surface area contributed by atoms with Gasteiger partial charge in [0.25, 0.3) is 0 Å². The van der Waals surface area contributed by atoms with Gasteiger partial charge >= 0.3 is 0 Å². The van der Waals surface area contributed by atoms with Crippen LogP contribution in [0.15, 0.2) is 47.6 Å². The van der Waals surface area contributed by atoms with Gasteiger partial charge in [0.05, 0.1) is 11.9 Å². The number of anilines is 2. The lowest BCUT2D eigenvalue weighted by atomic mass is 10.1. The van der Waals surface area contributed by atoms with Crippen molar-refractivity contribution in [1.29, 1.82) is 0 Å². The van der Waals surface area contributed by atoms with Crippen molar-refractivity contribution in [2.75, 3.05) is 23.3 Å². The summed E-state index contributed by atoms with van der Waals surface area (Å²) in [5.41, 5.74) is 8.87. The molecule has 1 saturated heterocycles. The number of nitrogens with one attached hydrogen (secondary N) is 2. The highest BCUT2D eigenvalue weighted by Gasteiger charge is 2.27. The molecule has 27 heavy (non-hydrogen) atoms. The number of nitrogens with two attached hydrogens (primary N) is 1. The van der Waals surface area contributed by atoms with Crippen LogP contribution in [-0.2, 0) is 0 Å². The Hall–Kier alpha value is -2.74. The molecule has 142 valence electrons. The zero-order valence-corrected chi connectivity index (χ0v) is 15.5. The van der Waals surface area contributed by atoms with Gasteiger partial charge in [-0.3, -0.25) is 5.43 Å². The SMILES string of the molecule is NC(=S)N/N=C/c1cc(F)c(N2CCCC2CNc2ccccc2)cc1F. The van der Waals surface area contributed by atoms with Crippen molar-refractivity contribution in [2.45, 2.75) is 18.9 Å². The number of nitrogens with zero attached hydrogens (tertiary/aromatic N) is 2. The molecule has 1 aliphatic rings. The Balaban J connectivity index is 1.73. The molecule has 0 saturated carbocycles. The summed E-state index contributed by atoms with van der Waals surface area (Å²) in [6.07, 6.45) is 3.00. The third kappa shape index (κ3) is 4.91. The van der Waals surface area contributed by atoms with E-state index in [0.29, 0.717) is 13.1 Å². The number of thiocarbonyl (C=S) groups is 1. The number of para-hydroxylation sites is 1. The number of benzene rings is 2. The van der Waals surface area contributed by atoms with Gasteiger partial charge in [-0.2, -0.15) is 5.10 Å². The molecular formula is C19H21F2N5S. The van der Waals surface area contributed by atoms with E-state index in [1.807, 2.05) is 35.2 Å². The minimum atomic E-state index is -0.554. The van der Waals surface area contributed by atoms with Crippen LogP contribution in [0.25, 0.3) is 0 Å². The Bertz CT molecular complexity index is 828. The maximum atomic E-state index is 14.6. The molecule has 5 nitrogen and oxygen atoms in total. The van der Waals surface area contributed by atoms with E-state index in [-0.39, 0.29) is 22.4 Å². The molecule has 0 bridgehead atoms. The molecule has 0 aromatic heterocycles. The van der Waals surface area contributed by atoms with E-state index >= 15 is 0 Å². The molecule has 1 aliphatic heterocycles. The number of rotatable bonds is 6. The van der Waals surface area contributed by atoms with Gasteiger partial charge in [0.15, 0.2) is 5.11 Å². The quantitative estimate of drug-likeness (QED) is 0.402. The Morgan fingerprint density at radius 2 is 2.04 bits per heavy atom. The largest absolute Gasteiger partial charge is 0.383 e. The van der Waals surface area contributed by atoms with Gasteiger partial charge in [0.2, 0.25) is 0 Å². The van der Waals surface area contributed by atoms with Crippen LogP contribution in [-0.4, -0.2) is 30.5 Å². The summed E-state index contributed by atoms with van der Waals surface area (Å²) in [5.74, 6) is -1.04. The molecule has 4 N–H and O–H groups in total. The minimum absolute atomic E-state index is 0.0261. The average molecular weight is 389 g/mol. The molecule has 0 aliphatic carbocycles. The number of hydrogen-bond donors (Lipinski definition) is 3. The second-order valence-corrected chi connectivity index (χ2v) is 6.74. The van der Waals surface area contributed by atoms with E-state index in [1.165, 1.54) is 6.07 Å². The summed E-state index contributed by atoms with van der Waals surface area (Å²) in [5, 5.41) is 6.99. The van der Waals surface area contributed by atoms with Crippen molar-refractivity contribution in [1.82, 2.24) is 5.43 Å². The van der Waals surface area contributed by atoms with Gasteiger partial charge in [-0.25, -0.2) is 8.78 Å². The van der Waals surface area contributed by atoms with E-state index in [1.54, 1.807) is 0 Å². The highest BCUT2D eigenvalue weighted by Crippen LogP contribution is 2.30. The maximum Gasteiger partial charge on any atom is 0.184 e. The highest BCUT2D eigenvalue weighted by molar-refractivity contribution is 7.80. The minimum Gasteiger partial charge on any atom is -0.383 e. The zero-order chi connectivity index (χ0) is 19.2. The Labute approximate surface area is 162 Å². The highest BCUT2D eigenvalue weighted by atomic mass is 32.1. The molecule has 1 atom stereocenters. The lowest BCUT2D eigenvalue weighted by molar-refractivity contribution is 0.586. The summed E-state index contributed by atoms with van der Waals surface area (Å²) in [6, 6.07) is 12.3. The normalized spacial score (nSPS) is 16.7. The van der Waals surface area contributed by atoms with Crippen molar-refractivity contribution in [3.05, 3.63) is 59.7 Å². The third-order valence-corrected chi connectivity index (χ3v) is 4.54. The zero-order valence-electron chi connectivity index (χ0n) is 14.7. The van der Waals surface area contributed by atoms with E-state index in [2.05, 4.69) is 28.1 Å². The molecule has 3 rings (SSSR count). The first-order chi connectivity index (χ1) is 13.0. The van der Waals surface area contributed by atoms with Crippen LogP contribution < -0.4 is 21.4 Å². The maximum absolute atomic E-state index is 14.6.